The Bertz CT molecular complexity index is 781. The Kier molecular flexibility index (Phi) is 5.45. The molecular weight excluding hydrogens is 328 g/mol. The van der Waals surface area contributed by atoms with E-state index in [9.17, 15) is 8.78 Å². The molecule has 1 heterocycles. The quantitative estimate of drug-likeness (QED) is 0.660. The molecular formula is C18H19F2N3O2. The maximum absolute atomic E-state index is 13.7. The number of halogens is 2. The molecule has 0 saturated carbocycles. The predicted molar refractivity (Wildman–Crippen MR) is 90.1 cm³/mol. The highest BCUT2D eigenvalue weighted by Gasteiger charge is 2.17. The lowest BCUT2D eigenvalue weighted by Gasteiger charge is -2.21. The Morgan fingerprint density at radius 1 is 1.12 bits per heavy atom. The molecule has 3 rings (SSSR count). The fourth-order valence-corrected chi connectivity index (χ4v) is 2.61. The van der Waals surface area contributed by atoms with E-state index in [-0.39, 0.29) is 25.0 Å². The van der Waals surface area contributed by atoms with Crippen LogP contribution in [0.1, 0.15) is 16.7 Å². The largest absolute Gasteiger partial charge is 0.467 e. The van der Waals surface area contributed by atoms with Crippen molar-refractivity contribution in [3.8, 4) is 5.75 Å². The summed E-state index contributed by atoms with van der Waals surface area (Å²) in [6.45, 7) is 1.07. The summed E-state index contributed by atoms with van der Waals surface area (Å²) in [6, 6.07) is 9.35. The maximum Gasteiger partial charge on any atom is 0.191 e. The molecule has 25 heavy (non-hydrogen) atoms. The second-order valence-electron chi connectivity index (χ2n) is 5.53. The van der Waals surface area contributed by atoms with Gasteiger partial charge in [0.2, 0.25) is 0 Å². The normalized spacial score (nSPS) is 13.8. The van der Waals surface area contributed by atoms with Crippen LogP contribution in [0.3, 0.4) is 0 Å². The molecule has 0 radical (unpaired) electrons. The topological polar surface area (TPSA) is 54.9 Å². The highest BCUT2D eigenvalue weighted by Crippen LogP contribution is 2.29. The van der Waals surface area contributed by atoms with Crippen LogP contribution >= 0.6 is 0 Å². The molecule has 2 aromatic rings. The van der Waals surface area contributed by atoms with Crippen molar-refractivity contribution in [1.29, 1.82) is 0 Å². The third-order valence-corrected chi connectivity index (χ3v) is 3.83. The zero-order valence-corrected chi connectivity index (χ0v) is 13.8. The van der Waals surface area contributed by atoms with E-state index < -0.39 is 0 Å². The Morgan fingerprint density at radius 2 is 1.88 bits per heavy atom. The van der Waals surface area contributed by atoms with Gasteiger partial charge in [-0.2, -0.15) is 0 Å². The summed E-state index contributed by atoms with van der Waals surface area (Å²) in [5, 5.41) is 6.11. The molecule has 0 amide bonds. The van der Waals surface area contributed by atoms with Crippen LogP contribution in [-0.4, -0.2) is 19.8 Å². The zero-order chi connectivity index (χ0) is 17.6. The molecule has 0 saturated heterocycles. The summed E-state index contributed by atoms with van der Waals surface area (Å²) in [5.74, 6) is 0.482. The number of nitrogens with one attached hydrogen (secondary N) is 2. The van der Waals surface area contributed by atoms with Crippen LogP contribution in [0, 0.1) is 11.6 Å². The zero-order valence-electron chi connectivity index (χ0n) is 13.8. The lowest BCUT2D eigenvalue weighted by molar-refractivity contribution is -0.0172. The van der Waals surface area contributed by atoms with Crippen molar-refractivity contribution in [1.82, 2.24) is 10.6 Å². The Balaban J connectivity index is 1.64. The summed E-state index contributed by atoms with van der Waals surface area (Å²) < 4.78 is 38.1. The van der Waals surface area contributed by atoms with Crippen molar-refractivity contribution in [3.05, 3.63) is 64.7 Å². The molecule has 0 spiro atoms. The van der Waals surface area contributed by atoms with Crippen LogP contribution in [0.25, 0.3) is 0 Å². The van der Waals surface area contributed by atoms with Gasteiger partial charge in [-0.05, 0) is 18.2 Å². The van der Waals surface area contributed by atoms with E-state index in [1.165, 1.54) is 18.2 Å². The number of fused-ring (bicyclic) bond motifs is 1. The van der Waals surface area contributed by atoms with E-state index in [2.05, 4.69) is 15.6 Å². The lowest BCUT2D eigenvalue weighted by atomic mass is 10.1. The van der Waals surface area contributed by atoms with Gasteiger partial charge in [0, 0.05) is 36.8 Å². The van der Waals surface area contributed by atoms with E-state index in [0.29, 0.717) is 41.6 Å². The molecule has 0 atom stereocenters. The van der Waals surface area contributed by atoms with Gasteiger partial charge in [-0.15, -0.1) is 0 Å². The van der Waals surface area contributed by atoms with Crippen LogP contribution in [-0.2, 0) is 24.4 Å². The second-order valence-corrected chi connectivity index (χ2v) is 5.53. The fraction of sp³-hybridized carbons (Fsp3) is 0.278. The van der Waals surface area contributed by atoms with Gasteiger partial charge in [-0.3, -0.25) is 4.99 Å². The Labute approximate surface area is 144 Å². The van der Waals surface area contributed by atoms with Crippen LogP contribution in [0.4, 0.5) is 8.78 Å². The first-order chi connectivity index (χ1) is 12.2. The first kappa shape index (κ1) is 17.2. The molecule has 7 heteroatoms. The Hall–Kier alpha value is -2.67. The van der Waals surface area contributed by atoms with E-state index >= 15 is 0 Å². The number of aliphatic imine (C=N–C) groups is 1. The monoisotopic (exact) mass is 347 g/mol. The van der Waals surface area contributed by atoms with Crippen LogP contribution in [0.5, 0.6) is 5.75 Å². The molecule has 1 aliphatic heterocycles. The van der Waals surface area contributed by atoms with Crippen molar-refractivity contribution >= 4 is 5.96 Å². The number of nitrogens with zero attached hydrogens (tertiary/aromatic N) is 1. The average molecular weight is 347 g/mol. The van der Waals surface area contributed by atoms with Crippen molar-refractivity contribution < 1.29 is 18.3 Å². The first-order valence-electron chi connectivity index (χ1n) is 7.87. The maximum atomic E-state index is 13.7. The van der Waals surface area contributed by atoms with Crippen LogP contribution in [0.2, 0.25) is 0 Å². The van der Waals surface area contributed by atoms with E-state index in [4.69, 9.17) is 9.47 Å². The lowest BCUT2D eigenvalue weighted by Crippen LogP contribution is -2.36. The number of guanidine groups is 1. The van der Waals surface area contributed by atoms with Gasteiger partial charge in [0.25, 0.3) is 0 Å². The Morgan fingerprint density at radius 3 is 2.64 bits per heavy atom. The van der Waals surface area contributed by atoms with Crippen molar-refractivity contribution in [2.75, 3.05) is 13.8 Å². The molecule has 132 valence electrons. The van der Waals surface area contributed by atoms with Gasteiger partial charge in [-0.25, -0.2) is 8.78 Å². The first-order valence-corrected chi connectivity index (χ1v) is 7.87. The van der Waals surface area contributed by atoms with Crippen molar-refractivity contribution in [2.45, 2.75) is 19.7 Å². The van der Waals surface area contributed by atoms with Gasteiger partial charge in [-0.1, -0.05) is 18.2 Å². The summed E-state index contributed by atoms with van der Waals surface area (Å²) in [5.41, 5.74) is 1.89. The minimum atomic E-state index is -0.348. The summed E-state index contributed by atoms with van der Waals surface area (Å²) in [6.07, 6.45) is 0. The van der Waals surface area contributed by atoms with E-state index in [0.717, 1.165) is 0 Å². The minimum absolute atomic E-state index is 0.145. The van der Waals surface area contributed by atoms with Gasteiger partial charge < -0.3 is 20.1 Å². The molecule has 0 bridgehead atoms. The number of hydrogen-bond donors (Lipinski definition) is 2. The van der Waals surface area contributed by atoms with Gasteiger partial charge in [0.05, 0.1) is 6.61 Å². The predicted octanol–water partition coefficient (Wildman–Crippen LogP) is 2.70. The molecule has 0 fully saturated rings. The number of benzene rings is 2. The van der Waals surface area contributed by atoms with Crippen LogP contribution < -0.4 is 15.4 Å². The van der Waals surface area contributed by atoms with Crippen molar-refractivity contribution in [2.24, 2.45) is 4.99 Å². The standard InChI is InChI=1S/C18H19F2N3O2/c1-21-18(22-8-12-4-2-3-5-16(12)20)23-9-13-6-15(19)7-14-10-24-11-25-17(13)14/h2-7H,8-11H2,1H3,(H2,21,22,23). The van der Waals surface area contributed by atoms with Crippen molar-refractivity contribution in [3.63, 3.8) is 0 Å². The number of hydrogen-bond acceptors (Lipinski definition) is 3. The third kappa shape index (κ3) is 4.24. The van der Waals surface area contributed by atoms with Crippen LogP contribution in [0.15, 0.2) is 41.4 Å². The highest BCUT2D eigenvalue weighted by molar-refractivity contribution is 5.79. The number of rotatable bonds is 4. The van der Waals surface area contributed by atoms with E-state index in [1.54, 1.807) is 25.2 Å². The molecule has 5 nitrogen and oxygen atoms in total. The van der Waals surface area contributed by atoms with Gasteiger partial charge >= 0.3 is 0 Å². The molecule has 0 unspecified atom stereocenters. The highest BCUT2D eigenvalue weighted by atomic mass is 19.1. The third-order valence-electron chi connectivity index (χ3n) is 3.83. The molecule has 0 aromatic heterocycles. The van der Waals surface area contributed by atoms with E-state index in [1.807, 2.05) is 0 Å². The molecule has 2 aromatic carbocycles. The number of ether oxygens (including phenoxy) is 2. The molecule has 1 aliphatic rings. The minimum Gasteiger partial charge on any atom is -0.467 e. The summed E-state index contributed by atoms with van der Waals surface area (Å²) in [7, 11) is 1.61. The molecule has 0 aliphatic carbocycles. The summed E-state index contributed by atoms with van der Waals surface area (Å²) in [4.78, 5) is 4.10. The van der Waals surface area contributed by atoms with Gasteiger partial charge in [0.1, 0.15) is 17.4 Å². The molecule has 2 N–H and O–H groups in total. The second kappa shape index (κ2) is 7.94. The SMILES string of the molecule is CN=C(NCc1ccccc1F)NCc1cc(F)cc2c1OCOC2. The van der Waals surface area contributed by atoms with Gasteiger partial charge in [0.15, 0.2) is 12.8 Å². The fourth-order valence-electron chi connectivity index (χ4n) is 2.61. The summed E-state index contributed by atoms with van der Waals surface area (Å²) >= 11 is 0. The average Bonchev–Trinajstić information content (AvgIpc) is 2.62. The smallest absolute Gasteiger partial charge is 0.191 e.